The molecule has 0 amide bonds. The first kappa shape index (κ1) is 17.0. The largest absolute Gasteiger partial charge is 0.394 e. The first-order valence-electron chi connectivity index (χ1n) is 7.20. The van der Waals surface area contributed by atoms with Crippen molar-refractivity contribution in [3.05, 3.63) is 0 Å². The molecule has 0 spiro atoms. The minimum absolute atomic E-state index is 0.241. The molecule has 8 heteroatoms. The summed E-state index contributed by atoms with van der Waals surface area (Å²) in [7, 11) is 0. The Balaban J connectivity index is 1.87. The standard InChI is InChI=1S/C13H25NO7/c1-6(2)12-18-4-7(5-19-12)20-13-11(17)9(14)10(16)8(3-15)21-13/h6-13,15-17H,3-5,14H2,1-2H3/t7?,8-,9-,10-,11-,12?,13+/m1/s1. The van der Waals surface area contributed by atoms with Gasteiger partial charge in [0.25, 0.3) is 0 Å². The molecule has 0 unspecified atom stereocenters. The molecule has 0 aromatic heterocycles. The molecule has 5 N–H and O–H groups in total. The fourth-order valence-corrected chi connectivity index (χ4v) is 2.38. The summed E-state index contributed by atoms with van der Waals surface area (Å²) in [4.78, 5) is 0. The number of hydrogen-bond acceptors (Lipinski definition) is 8. The fourth-order valence-electron chi connectivity index (χ4n) is 2.38. The Morgan fingerprint density at radius 1 is 1.19 bits per heavy atom. The summed E-state index contributed by atoms with van der Waals surface area (Å²) in [5, 5.41) is 28.9. The normalized spacial score (nSPS) is 45.0. The van der Waals surface area contributed by atoms with Crippen LogP contribution in [0.25, 0.3) is 0 Å². The molecule has 2 fully saturated rings. The molecule has 0 radical (unpaired) electrons. The van der Waals surface area contributed by atoms with E-state index in [1.165, 1.54) is 0 Å². The summed E-state index contributed by atoms with van der Waals surface area (Å²) in [5.74, 6) is 0.241. The molecule has 0 saturated carbocycles. The highest BCUT2D eigenvalue weighted by Gasteiger charge is 2.44. The summed E-state index contributed by atoms with van der Waals surface area (Å²) in [5.41, 5.74) is 5.71. The average Bonchev–Trinajstić information content (AvgIpc) is 2.48. The Morgan fingerprint density at radius 3 is 2.33 bits per heavy atom. The topological polar surface area (TPSA) is 124 Å². The minimum Gasteiger partial charge on any atom is -0.394 e. The van der Waals surface area contributed by atoms with Gasteiger partial charge < -0.3 is 40.0 Å². The number of aliphatic hydroxyl groups excluding tert-OH is 3. The first-order valence-corrected chi connectivity index (χ1v) is 7.20. The Kier molecular flexibility index (Phi) is 5.92. The maximum Gasteiger partial charge on any atom is 0.186 e. The van der Waals surface area contributed by atoms with Gasteiger partial charge in [-0.05, 0) is 0 Å². The van der Waals surface area contributed by atoms with Gasteiger partial charge in [-0.1, -0.05) is 13.8 Å². The Labute approximate surface area is 123 Å². The second-order valence-electron chi connectivity index (χ2n) is 5.82. The van der Waals surface area contributed by atoms with Crippen molar-refractivity contribution in [2.45, 2.75) is 56.9 Å². The van der Waals surface area contributed by atoms with E-state index in [2.05, 4.69) is 0 Å². The van der Waals surface area contributed by atoms with Crippen LogP contribution in [-0.4, -0.2) is 78.2 Å². The number of rotatable bonds is 4. The SMILES string of the molecule is CC(C)C1OCC(O[C@H]2O[C@H](CO)[C@@H](O)[C@@H](N)[C@H]2O)CO1. The van der Waals surface area contributed by atoms with Crippen molar-refractivity contribution in [3.8, 4) is 0 Å². The van der Waals surface area contributed by atoms with E-state index in [0.717, 1.165) is 0 Å². The van der Waals surface area contributed by atoms with Gasteiger partial charge in [0.1, 0.15) is 24.4 Å². The third kappa shape index (κ3) is 3.91. The Bertz CT molecular complexity index is 320. The lowest BCUT2D eigenvalue weighted by atomic mass is 9.97. The van der Waals surface area contributed by atoms with Gasteiger partial charge >= 0.3 is 0 Å². The van der Waals surface area contributed by atoms with E-state index in [4.69, 9.17) is 29.8 Å². The predicted molar refractivity (Wildman–Crippen MR) is 71.1 cm³/mol. The number of aliphatic hydroxyl groups is 3. The van der Waals surface area contributed by atoms with Gasteiger partial charge in [0.15, 0.2) is 12.6 Å². The van der Waals surface area contributed by atoms with Crippen molar-refractivity contribution < 1.29 is 34.3 Å². The lowest BCUT2D eigenvalue weighted by molar-refractivity contribution is -0.319. The van der Waals surface area contributed by atoms with Crippen molar-refractivity contribution in [1.82, 2.24) is 0 Å². The third-order valence-corrected chi connectivity index (χ3v) is 3.70. The van der Waals surface area contributed by atoms with Crippen molar-refractivity contribution in [2.75, 3.05) is 19.8 Å². The molecule has 0 aromatic rings. The van der Waals surface area contributed by atoms with Crippen LogP contribution in [-0.2, 0) is 18.9 Å². The lowest BCUT2D eigenvalue weighted by Crippen LogP contribution is -2.63. The molecule has 5 atom stereocenters. The highest BCUT2D eigenvalue weighted by Crippen LogP contribution is 2.23. The quantitative estimate of drug-likeness (QED) is 0.478. The summed E-state index contributed by atoms with van der Waals surface area (Å²) in [6, 6.07) is -0.949. The highest BCUT2D eigenvalue weighted by molar-refractivity contribution is 4.92. The molecule has 2 saturated heterocycles. The van der Waals surface area contributed by atoms with E-state index in [9.17, 15) is 10.2 Å². The first-order chi connectivity index (χ1) is 9.93. The second-order valence-corrected chi connectivity index (χ2v) is 5.82. The van der Waals surface area contributed by atoms with E-state index in [0.29, 0.717) is 13.2 Å². The summed E-state index contributed by atoms with van der Waals surface area (Å²) >= 11 is 0. The zero-order valence-electron chi connectivity index (χ0n) is 12.3. The second kappa shape index (κ2) is 7.30. The molecule has 2 aliphatic heterocycles. The molecule has 2 heterocycles. The van der Waals surface area contributed by atoms with Crippen LogP contribution in [0, 0.1) is 5.92 Å². The fraction of sp³-hybridized carbons (Fsp3) is 1.00. The summed E-state index contributed by atoms with van der Waals surface area (Å²) in [6.07, 6.45) is -4.92. The van der Waals surface area contributed by atoms with Crippen molar-refractivity contribution in [2.24, 2.45) is 11.7 Å². The van der Waals surface area contributed by atoms with Crippen LogP contribution in [0.3, 0.4) is 0 Å². The Hall–Kier alpha value is -0.320. The molecule has 0 aliphatic carbocycles. The average molecular weight is 307 g/mol. The van der Waals surface area contributed by atoms with Gasteiger partial charge in [-0.3, -0.25) is 0 Å². The maximum absolute atomic E-state index is 9.99. The van der Waals surface area contributed by atoms with Gasteiger partial charge in [-0.25, -0.2) is 0 Å². The van der Waals surface area contributed by atoms with E-state index < -0.39 is 43.4 Å². The van der Waals surface area contributed by atoms with E-state index in [-0.39, 0.29) is 12.2 Å². The Morgan fingerprint density at radius 2 is 1.81 bits per heavy atom. The van der Waals surface area contributed by atoms with Gasteiger partial charge in [0.05, 0.1) is 25.9 Å². The van der Waals surface area contributed by atoms with Gasteiger partial charge in [-0.15, -0.1) is 0 Å². The van der Waals surface area contributed by atoms with Crippen LogP contribution in [0.4, 0.5) is 0 Å². The predicted octanol–water partition coefficient (Wildman–Crippen LogP) is -1.83. The smallest absolute Gasteiger partial charge is 0.186 e. The molecule has 21 heavy (non-hydrogen) atoms. The number of ether oxygens (including phenoxy) is 4. The molecule has 124 valence electrons. The molecule has 2 aliphatic rings. The third-order valence-electron chi connectivity index (χ3n) is 3.70. The van der Waals surface area contributed by atoms with Crippen LogP contribution in [0.15, 0.2) is 0 Å². The van der Waals surface area contributed by atoms with Crippen molar-refractivity contribution in [1.29, 1.82) is 0 Å². The van der Waals surface area contributed by atoms with Gasteiger partial charge in [0, 0.05) is 5.92 Å². The molecule has 8 nitrogen and oxygen atoms in total. The number of nitrogens with two attached hydrogens (primary N) is 1. The van der Waals surface area contributed by atoms with Crippen molar-refractivity contribution >= 4 is 0 Å². The molecule has 0 aromatic carbocycles. The number of hydrogen-bond donors (Lipinski definition) is 4. The van der Waals surface area contributed by atoms with E-state index >= 15 is 0 Å². The van der Waals surface area contributed by atoms with Crippen LogP contribution < -0.4 is 5.73 Å². The van der Waals surface area contributed by atoms with Crippen LogP contribution in [0.5, 0.6) is 0 Å². The van der Waals surface area contributed by atoms with Crippen LogP contribution in [0.2, 0.25) is 0 Å². The molecule has 2 rings (SSSR count). The molecular formula is C13H25NO7. The summed E-state index contributed by atoms with van der Waals surface area (Å²) in [6.45, 7) is 4.21. The van der Waals surface area contributed by atoms with E-state index in [1.807, 2.05) is 13.8 Å². The maximum atomic E-state index is 9.99. The van der Waals surface area contributed by atoms with Crippen LogP contribution in [0.1, 0.15) is 13.8 Å². The van der Waals surface area contributed by atoms with E-state index in [1.54, 1.807) is 0 Å². The zero-order chi connectivity index (χ0) is 15.6. The van der Waals surface area contributed by atoms with Crippen LogP contribution >= 0.6 is 0 Å². The minimum atomic E-state index is -1.19. The van der Waals surface area contributed by atoms with Crippen molar-refractivity contribution in [3.63, 3.8) is 0 Å². The lowest BCUT2D eigenvalue weighted by Gasteiger charge is -2.42. The summed E-state index contributed by atoms with van der Waals surface area (Å²) < 4.78 is 22.0. The highest BCUT2D eigenvalue weighted by atomic mass is 16.7. The molecule has 0 bridgehead atoms. The monoisotopic (exact) mass is 307 g/mol. The molecular weight excluding hydrogens is 282 g/mol. The zero-order valence-corrected chi connectivity index (χ0v) is 12.3. The van der Waals surface area contributed by atoms with Gasteiger partial charge in [-0.2, -0.15) is 0 Å². The van der Waals surface area contributed by atoms with Gasteiger partial charge in [0.2, 0.25) is 0 Å².